The van der Waals surface area contributed by atoms with Crippen molar-refractivity contribution in [3.8, 4) is 11.1 Å². The van der Waals surface area contributed by atoms with Crippen LogP contribution in [0.5, 0.6) is 0 Å². The maximum atomic E-state index is 13.2. The van der Waals surface area contributed by atoms with Crippen molar-refractivity contribution in [1.82, 2.24) is 4.72 Å². The number of rotatable bonds is 3. The summed E-state index contributed by atoms with van der Waals surface area (Å²) in [6.07, 6.45) is -3.23. The van der Waals surface area contributed by atoms with Crippen molar-refractivity contribution >= 4 is 15.6 Å². The summed E-state index contributed by atoms with van der Waals surface area (Å²) in [6, 6.07) is 16.9. The van der Waals surface area contributed by atoms with Crippen LogP contribution in [-0.4, -0.2) is 8.42 Å². The van der Waals surface area contributed by atoms with Gasteiger partial charge in [0.2, 0.25) is 0 Å². The molecule has 0 amide bonds. The standard InChI is InChI=1S/C22H16F3NO2S/c1-14-6-9-16(10-7-14)29(27,28)26-13-21-18-5-3-2-4-17(18)19-11-8-15(12-20(19)21)22(23,24)25/h2-13,26H,1H3/b21-13+. The summed E-state index contributed by atoms with van der Waals surface area (Å²) >= 11 is 0. The Labute approximate surface area is 166 Å². The first-order valence-corrected chi connectivity index (χ1v) is 10.3. The highest BCUT2D eigenvalue weighted by Crippen LogP contribution is 2.45. The van der Waals surface area contributed by atoms with Crippen molar-refractivity contribution in [3.63, 3.8) is 0 Å². The topological polar surface area (TPSA) is 46.2 Å². The summed E-state index contributed by atoms with van der Waals surface area (Å²) in [5.41, 5.74) is 2.95. The second kappa shape index (κ2) is 6.77. The third-order valence-electron chi connectivity index (χ3n) is 4.83. The molecule has 0 heterocycles. The van der Waals surface area contributed by atoms with Crippen molar-refractivity contribution < 1.29 is 21.6 Å². The largest absolute Gasteiger partial charge is 0.416 e. The predicted molar refractivity (Wildman–Crippen MR) is 105 cm³/mol. The molecule has 29 heavy (non-hydrogen) atoms. The van der Waals surface area contributed by atoms with Gasteiger partial charge < -0.3 is 0 Å². The molecule has 3 aromatic carbocycles. The Morgan fingerprint density at radius 1 is 0.828 bits per heavy atom. The van der Waals surface area contributed by atoms with E-state index in [4.69, 9.17) is 0 Å². The molecule has 0 bridgehead atoms. The molecule has 0 aliphatic heterocycles. The predicted octanol–water partition coefficient (Wildman–Crippen LogP) is 5.36. The summed E-state index contributed by atoms with van der Waals surface area (Å²) < 4.78 is 67.3. The number of halogens is 3. The van der Waals surface area contributed by atoms with Crippen molar-refractivity contribution in [2.24, 2.45) is 0 Å². The lowest BCUT2D eigenvalue weighted by Gasteiger charge is -2.10. The third kappa shape index (κ3) is 3.53. The highest BCUT2D eigenvalue weighted by atomic mass is 32.2. The molecule has 0 unspecified atom stereocenters. The fourth-order valence-electron chi connectivity index (χ4n) is 3.35. The zero-order valence-electron chi connectivity index (χ0n) is 15.3. The normalized spacial score (nSPS) is 14.6. The molecular weight excluding hydrogens is 399 g/mol. The molecule has 148 valence electrons. The van der Waals surface area contributed by atoms with Crippen LogP contribution in [0, 0.1) is 6.92 Å². The van der Waals surface area contributed by atoms with Crippen LogP contribution in [-0.2, 0) is 16.2 Å². The minimum Gasteiger partial charge on any atom is -0.286 e. The van der Waals surface area contributed by atoms with E-state index in [0.29, 0.717) is 22.3 Å². The van der Waals surface area contributed by atoms with Crippen LogP contribution in [0.3, 0.4) is 0 Å². The van der Waals surface area contributed by atoms with Crippen molar-refractivity contribution in [2.75, 3.05) is 0 Å². The molecule has 0 saturated carbocycles. The Hall–Kier alpha value is -3.06. The van der Waals surface area contributed by atoms with E-state index in [1.807, 2.05) is 6.92 Å². The molecule has 3 aromatic rings. The number of sulfonamides is 1. The molecule has 1 aliphatic rings. The van der Waals surface area contributed by atoms with Crippen LogP contribution < -0.4 is 4.72 Å². The molecule has 0 aromatic heterocycles. The van der Waals surface area contributed by atoms with Gasteiger partial charge in [-0.05, 0) is 53.4 Å². The van der Waals surface area contributed by atoms with E-state index in [2.05, 4.69) is 4.72 Å². The molecule has 1 N–H and O–H groups in total. The number of aryl methyl sites for hydroxylation is 1. The van der Waals surface area contributed by atoms with Crippen LogP contribution >= 0.6 is 0 Å². The highest BCUT2D eigenvalue weighted by molar-refractivity contribution is 7.89. The molecular formula is C22H16F3NO2S. The summed E-state index contributed by atoms with van der Waals surface area (Å²) in [5, 5.41) is 0. The van der Waals surface area contributed by atoms with Crippen LogP contribution in [0.1, 0.15) is 22.3 Å². The first-order chi connectivity index (χ1) is 13.7. The maximum Gasteiger partial charge on any atom is 0.416 e. The van der Waals surface area contributed by atoms with Crippen LogP contribution in [0.2, 0.25) is 0 Å². The van der Waals surface area contributed by atoms with Crippen molar-refractivity contribution in [1.29, 1.82) is 0 Å². The summed E-state index contributed by atoms with van der Waals surface area (Å²) in [7, 11) is -3.86. The zero-order chi connectivity index (χ0) is 20.8. The molecule has 0 atom stereocenters. The van der Waals surface area contributed by atoms with Crippen LogP contribution in [0.25, 0.3) is 16.7 Å². The van der Waals surface area contributed by atoms with E-state index in [9.17, 15) is 21.6 Å². The number of hydrogen-bond acceptors (Lipinski definition) is 2. The van der Waals surface area contributed by atoms with Gasteiger partial charge in [-0.25, -0.2) is 8.42 Å². The Kier molecular flexibility index (Phi) is 4.50. The van der Waals surface area contributed by atoms with Gasteiger partial charge in [0.25, 0.3) is 10.0 Å². The van der Waals surface area contributed by atoms with E-state index < -0.39 is 21.8 Å². The van der Waals surface area contributed by atoms with Gasteiger partial charge in [-0.15, -0.1) is 0 Å². The average molecular weight is 415 g/mol. The molecule has 0 radical (unpaired) electrons. The summed E-state index contributed by atoms with van der Waals surface area (Å²) in [4.78, 5) is 0.0792. The molecule has 4 rings (SSSR count). The fourth-order valence-corrected chi connectivity index (χ4v) is 4.26. The van der Waals surface area contributed by atoms with Gasteiger partial charge in [0.05, 0.1) is 10.5 Å². The Bertz CT molecular complexity index is 1230. The smallest absolute Gasteiger partial charge is 0.286 e. The first kappa shape index (κ1) is 19.3. The SMILES string of the molecule is Cc1ccc(S(=O)(=O)N/C=C2\c3ccccc3-c3ccc(C(F)(F)F)cc32)cc1. The lowest BCUT2D eigenvalue weighted by Crippen LogP contribution is -2.18. The molecule has 7 heteroatoms. The number of hydrogen-bond donors (Lipinski definition) is 1. The zero-order valence-corrected chi connectivity index (χ0v) is 16.1. The quantitative estimate of drug-likeness (QED) is 0.490. The second-order valence-corrected chi connectivity index (χ2v) is 8.51. The van der Waals surface area contributed by atoms with E-state index in [-0.39, 0.29) is 4.90 Å². The van der Waals surface area contributed by atoms with Gasteiger partial charge in [0.15, 0.2) is 0 Å². The average Bonchev–Trinajstić information content (AvgIpc) is 2.99. The monoisotopic (exact) mass is 415 g/mol. The minimum atomic E-state index is -4.49. The minimum absolute atomic E-state index is 0.0792. The fraction of sp³-hybridized carbons (Fsp3) is 0.0909. The van der Waals surface area contributed by atoms with Gasteiger partial charge in [-0.3, -0.25) is 4.72 Å². The van der Waals surface area contributed by atoms with E-state index in [0.717, 1.165) is 23.3 Å². The van der Waals surface area contributed by atoms with E-state index in [1.54, 1.807) is 36.4 Å². The molecule has 0 saturated heterocycles. The Morgan fingerprint density at radius 2 is 1.45 bits per heavy atom. The molecule has 0 fully saturated rings. The number of alkyl halides is 3. The number of benzene rings is 3. The molecule has 0 spiro atoms. The van der Waals surface area contributed by atoms with Gasteiger partial charge in [0.1, 0.15) is 0 Å². The number of nitrogens with one attached hydrogen (secondary N) is 1. The maximum absolute atomic E-state index is 13.2. The number of fused-ring (bicyclic) bond motifs is 3. The van der Waals surface area contributed by atoms with Gasteiger partial charge in [-0.1, -0.05) is 48.0 Å². The highest BCUT2D eigenvalue weighted by Gasteiger charge is 2.33. The summed E-state index contributed by atoms with van der Waals surface area (Å²) in [6.45, 7) is 1.84. The summed E-state index contributed by atoms with van der Waals surface area (Å²) in [5.74, 6) is 0. The van der Waals surface area contributed by atoms with Crippen LogP contribution in [0.15, 0.2) is 77.8 Å². The lowest BCUT2D eigenvalue weighted by molar-refractivity contribution is -0.137. The Balaban J connectivity index is 1.80. The first-order valence-electron chi connectivity index (χ1n) is 8.77. The van der Waals surface area contributed by atoms with E-state index >= 15 is 0 Å². The lowest BCUT2D eigenvalue weighted by atomic mass is 10.0. The second-order valence-electron chi connectivity index (χ2n) is 6.80. The van der Waals surface area contributed by atoms with Crippen molar-refractivity contribution in [3.05, 3.63) is 95.2 Å². The van der Waals surface area contributed by atoms with Gasteiger partial charge in [-0.2, -0.15) is 13.2 Å². The van der Waals surface area contributed by atoms with Gasteiger partial charge in [0, 0.05) is 11.8 Å². The molecule has 1 aliphatic carbocycles. The van der Waals surface area contributed by atoms with Crippen molar-refractivity contribution in [2.45, 2.75) is 18.0 Å². The molecule has 3 nitrogen and oxygen atoms in total. The Morgan fingerprint density at radius 3 is 2.10 bits per heavy atom. The van der Waals surface area contributed by atoms with E-state index in [1.165, 1.54) is 24.4 Å². The van der Waals surface area contributed by atoms with Gasteiger partial charge >= 0.3 is 6.18 Å². The van der Waals surface area contributed by atoms with Crippen LogP contribution in [0.4, 0.5) is 13.2 Å². The third-order valence-corrected chi connectivity index (χ3v) is 6.16.